The molecule has 1 aliphatic carbocycles. The molecule has 0 aliphatic heterocycles. The fourth-order valence-electron chi connectivity index (χ4n) is 2.72. The van der Waals surface area contributed by atoms with Gasteiger partial charge >= 0.3 is 0 Å². The standard InChI is InChI=1S/C15H24N2O2S/c1-14(2)13(15(14,3)4)16-11-9-7-8-10-12(11)20(18,19)17(5)6/h7-10,13,16H,1-6H3. The zero-order valence-corrected chi connectivity index (χ0v) is 13.9. The number of benzene rings is 1. The van der Waals surface area contributed by atoms with Crippen molar-refractivity contribution in [2.75, 3.05) is 19.4 Å². The maximum Gasteiger partial charge on any atom is 0.244 e. The molecule has 0 unspecified atom stereocenters. The van der Waals surface area contributed by atoms with E-state index in [1.54, 1.807) is 26.2 Å². The molecule has 0 heterocycles. The van der Waals surface area contributed by atoms with Crippen molar-refractivity contribution in [2.24, 2.45) is 10.8 Å². The Morgan fingerprint density at radius 3 is 2.00 bits per heavy atom. The Morgan fingerprint density at radius 2 is 1.55 bits per heavy atom. The van der Waals surface area contributed by atoms with E-state index in [4.69, 9.17) is 0 Å². The highest BCUT2D eigenvalue weighted by atomic mass is 32.2. The molecule has 0 atom stereocenters. The normalized spacial score (nSPS) is 20.9. The third kappa shape index (κ3) is 2.13. The molecule has 0 saturated heterocycles. The average molecular weight is 296 g/mol. The number of anilines is 1. The summed E-state index contributed by atoms with van der Waals surface area (Å²) in [6.45, 7) is 8.81. The smallest absolute Gasteiger partial charge is 0.244 e. The van der Waals surface area contributed by atoms with Crippen LogP contribution in [0.3, 0.4) is 0 Å². The number of rotatable bonds is 4. The first-order valence-electron chi connectivity index (χ1n) is 6.81. The van der Waals surface area contributed by atoms with E-state index in [2.05, 4.69) is 33.0 Å². The summed E-state index contributed by atoms with van der Waals surface area (Å²) < 4.78 is 26.0. The van der Waals surface area contributed by atoms with Crippen LogP contribution in [0, 0.1) is 10.8 Å². The fraction of sp³-hybridized carbons (Fsp3) is 0.600. The summed E-state index contributed by atoms with van der Waals surface area (Å²) in [5, 5.41) is 3.42. The molecule has 1 N–H and O–H groups in total. The number of hydrogen-bond acceptors (Lipinski definition) is 3. The SMILES string of the molecule is CN(C)S(=O)(=O)c1ccccc1NC1C(C)(C)C1(C)C. The fourth-order valence-corrected chi connectivity index (χ4v) is 3.77. The monoisotopic (exact) mass is 296 g/mol. The molecular formula is C15H24N2O2S. The first-order chi connectivity index (χ1) is 9.03. The van der Waals surface area contributed by atoms with Gasteiger partial charge in [-0.15, -0.1) is 0 Å². The van der Waals surface area contributed by atoms with Crippen molar-refractivity contribution in [3.8, 4) is 0 Å². The van der Waals surface area contributed by atoms with E-state index in [1.165, 1.54) is 4.31 Å². The van der Waals surface area contributed by atoms with Crippen LogP contribution in [0.4, 0.5) is 5.69 Å². The lowest BCUT2D eigenvalue weighted by Crippen LogP contribution is -2.24. The van der Waals surface area contributed by atoms with Gasteiger partial charge in [0.15, 0.2) is 0 Å². The largest absolute Gasteiger partial charge is 0.380 e. The molecule has 1 fully saturated rings. The van der Waals surface area contributed by atoms with Gasteiger partial charge in [0.05, 0.1) is 5.69 Å². The van der Waals surface area contributed by atoms with E-state index in [9.17, 15) is 8.42 Å². The van der Waals surface area contributed by atoms with Crippen molar-refractivity contribution in [2.45, 2.75) is 38.6 Å². The molecule has 0 amide bonds. The molecule has 0 bridgehead atoms. The van der Waals surface area contributed by atoms with E-state index >= 15 is 0 Å². The highest BCUT2D eigenvalue weighted by Crippen LogP contribution is 2.63. The van der Waals surface area contributed by atoms with E-state index < -0.39 is 10.0 Å². The molecule has 4 nitrogen and oxygen atoms in total. The lowest BCUT2D eigenvalue weighted by molar-refractivity contribution is 0.457. The van der Waals surface area contributed by atoms with Gasteiger partial charge in [-0.1, -0.05) is 39.8 Å². The molecule has 2 rings (SSSR count). The lowest BCUT2D eigenvalue weighted by Gasteiger charge is -2.17. The van der Waals surface area contributed by atoms with Crippen LogP contribution in [0.2, 0.25) is 0 Å². The molecule has 0 radical (unpaired) electrons. The van der Waals surface area contributed by atoms with Crippen LogP contribution in [0.5, 0.6) is 0 Å². The number of nitrogens with zero attached hydrogens (tertiary/aromatic N) is 1. The summed E-state index contributed by atoms with van der Waals surface area (Å²) in [7, 11) is -0.324. The van der Waals surface area contributed by atoms with Gasteiger partial charge in [0.2, 0.25) is 10.0 Å². The van der Waals surface area contributed by atoms with Gasteiger partial charge in [0.25, 0.3) is 0 Å². The molecule has 5 heteroatoms. The van der Waals surface area contributed by atoms with Crippen LogP contribution < -0.4 is 5.32 Å². The minimum absolute atomic E-state index is 0.155. The van der Waals surface area contributed by atoms with Gasteiger partial charge in [-0.05, 0) is 23.0 Å². The van der Waals surface area contributed by atoms with E-state index in [-0.39, 0.29) is 16.9 Å². The Labute approximate surface area is 122 Å². The quantitative estimate of drug-likeness (QED) is 0.929. The van der Waals surface area contributed by atoms with Gasteiger partial charge in [-0.25, -0.2) is 12.7 Å². The average Bonchev–Trinajstić information content (AvgIpc) is 2.72. The Balaban J connectivity index is 2.37. The second kappa shape index (κ2) is 4.46. The van der Waals surface area contributed by atoms with E-state index in [1.807, 2.05) is 12.1 Å². The minimum Gasteiger partial charge on any atom is -0.380 e. The van der Waals surface area contributed by atoms with Crippen molar-refractivity contribution in [1.82, 2.24) is 4.31 Å². The maximum absolute atomic E-state index is 12.4. The summed E-state index contributed by atoms with van der Waals surface area (Å²) in [5.41, 5.74) is 0.995. The number of hydrogen-bond donors (Lipinski definition) is 1. The maximum atomic E-state index is 12.4. The predicted molar refractivity (Wildman–Crippen MR) is 82.3 cm³/mol. The number of sulfonamides is 1. The molecule has 1 aromatic carbocycles. The van der Waals surface area contributed by atoms with Crippen LogP contribution in [-0.4, -0.2) is 32.9 Å². The molecule has 1 saturated carbocycles. The molecular weight excluding hydrogens is 272 g/mol. The van der Waals surface area contributed by atoms with Crippen molar-refractivity contribution in [3.63, 3.8) is 0 Å². The van der Waals surface area contributed by atoms with Crippen molar-refractivity contribution in [1.29, 1.82) is 0 Å². The Morgan fingerprint density at radius 1 is 1.05 bits per heavy atom. The second-order valence-corrected chi connectivity index (χ2v) is 8.92. The molecule has 1 aromatic rings. The third-order valence-electron chi connectivity index (χ3n) is 4.97. The molecule has 0 spiro atoms. The van der Waals surface area contributed by atoms with Crippen LogP contribution in [0.25, 0.3) is 0 Å². The summed E-state index contributed by atoms with van der Waals surface area (Å²) in [6, 6.07) is 7.37. The van der Waals surface area contributed by atoms with Crippen molar-refractivity contribution >= 4 is 15.7 Å². The van der Waals surface area contributed by atoms with Gasteiger partial charge in [-0.2, -0.15) is 0 Å². The first-order valence-corrected chi connectivity index (χ1v) is 8.25. The van der Waals surface area contributed by atoms with Crippen LogP contribution >= 0.6 is 0 Å². The highest BCUT2D eigenvalue weighted by Gasteiger charge is 2.65. The minimum atomic E-state index is -3.43. The Bertz CT molecular complexity index is 605. The van der Waals surface area contributed by atoms with E-state index in [0.29, 0.717) is 10.6 Å². The zero-order chi connectivity index (χ0) is 15.3. The van der Waals surface area contributed by atoms with Crippen molar-refractivity contribution in [3.05, 3.63) is 24.3 Å². The molecule has 1 aliphatic rings. The third-order valence-corrected chi connectivity index (χ3v) is 6.84. The number of nitrogens with one attached hydrogen (secondary N) is 1. The molecule has 20 heavy (non-hydrogen) atoms. The van der Waals surface area contributed by atoms with Crippen LogP contribution in [0.1, 0.15) is 27.7 Å². The van der Waals surface area contributed by atoms with Crippen molar-refractivity contribution < 1.29 is 8.42 Å². The Kier molecular flexibility index (Phi) is 3.42. The topological polar surface area (TPSA) is 49.4 Å². The summed E-state index contributed by atoms with van der Waals surface area (Å²) in [6.07, 6.45) is 0. The van der Waals surface area contributed by atoms with E-state index in [0.717, 1.165) is 0 Å². The number of para-hydroxylation sites is 1. The van der Waals surface area contributed by atoms with Gasteiger partial charge in [0.1, 0.15) is 4.90 Å². The van der Waals surface area contributed by atoms with Gasteiger partial charge in [-0.3, -0.25) is 0 Å². The Hall–Kier alpha value is -1.07. The second-order valence-electron chi connectivity index (χ2n) is 6.80. The highest BCUT2D eigenvalue weighted by molar-refractivity contribution is 7.89. The lowest BCUT2D eigenvalue weighted by atomic mass is 10.0. The van der Waals surface area contributed by atoms with Crippen LogP contribution in [-0.2, 0) is 10.0 Å². The molecule has 0 aromatic heterocycles. The zero-order valence-electron chi connectivity index (χ0n) is 13.1. The summed E-state index contributed by atoms with van der Waals surface area (Å²) >= 11 is 0. The summed E-state index contributed by atoms with van der Waals surface area (Å²) in [4.78, 5) is 0.337. The first kappa shape index (κ1) is 15.3. The summed E-state index contributed by atoms with van der Waals surface area (Å²) in [5.74, 6) is 0. The van der Waals surface area contributed by atoms with Crippen LogP contribution in [0.15, 0.2) is 29.2 Å². The van der Waals surface area contributed by atoms with Gasteiger partial charge in [0, 0.05) is 20.1 Å². The van der Waals surface area contributed by atoms with Gasteiger partial charge < -0.3 is 5.32 Å². The molecule has 112 valence electrons. The predicted octanol–water partition coefficient (Wildman–Crippen LogP) is 2.78.